The van der Waals surface area contributed by atoms with Crippen LogP contribution < -0.4 is 0 Å². The van der Waals surface area contributed by atoms with E-state index in [0.717, 1.165) is 19.3 Å². The highest BCUT2D eigenvalue weighted by Gasteiger charge is 2.52. The summed E-state index contributed by atoms with van der Waals surface area (Å²) in [4.78, 5) is 0. The number of rotatable bonds is 6. The summed E-state index contributed by atoms with van der Waals surface area (Å²) in [5, 5.41) is 9.01. The van der Waals surface area contributed by atoms with Crippen molar-refractivity contribution in [1.82, 2.24) is 0 Å². The third-order valence-corrected chi connectivity index (χ3v) is 3.50. The molecule has 0 spiro atoms. The van der Waals surface area contributed by atoms with Crippen LogP contribution in [0.25, 0.3) is 0 Å². The van der Waals surface area contributed by atoms with Gasteiger partial charge in [0.25, 0.3) is 5.97 Å². The molecule has 0 saturated carbocycles. The number of aliphatic hydroxyl groups excluding tert-OH is 1. The Morgan fingerprint density at radius 3 is 2.94 bits per heavy atom. The molecule has 2 fully saturated rings. The van der Waals surface area contributed by atoms with Crippen LogP contribution in [-0.4, -0.2) is 49.7 Å². The fourth-order valence-electron chi connectivity index (χ4n) is 2.34. The molecule has 0 aromatic rings. The van der Waals surface area contributed by atoms with E-state index in [0.29, 0.717) is 19.6 Å². The van der Waals surface area contributed by atoms with Gasteiger partial charge in [-0.15, -0.1) is 0 Å². The molecule has 5 heteroatoms. The molecule has 0 aromatic carbocycles. The van der Waals surface area contributed by atoms with Crippen molar-refractivity contribution < 1.29 is 24.1 Å². The summed E-state index contributed by atoms with van der Waals surface area (Å²) in [7, 11) is 1.61. The average molecular weight is 246 g/mol. The van der Waals surface area contributed by atoms with E-state index in [1.54, 1.807) is 7.11 Å². The third-order valence-electron chi connectivity index (χ3n) is 3.50. The SMILES string of the molecule is COC(CO)CCCC12OCCC(C)(CO1)O2. The van der Waals surface area contributed by atoms with Crippen molar-refractivity contribution >= 4 is 0 Å². The summed E-state index contributed by atoms with van der Waals surface area (Å²) in [5.74, 6) is -0.846. The van der Waals surface area contributed by atoms with Gasteiger partial charge in [0.05, 0.1) is 31.5 Å². The van der Waals surface area contributed by atoms with Crippen molar-refractivity contribution in [2.45, 2.75) is 50.3 Å². The predicted molar refractivity (Wildman–Crippen MR) is 60.5 cm³/mol. The molecule has 17 heavy (non-hydrogen) atoms. The van der Waals surface area contributed by atoms with Gasteiger partial charge in [-0.25, -0.2) is 0 Å². The summed E-state index contributed by atoms with van der Waals surface area (Å²) in [6.45, 7) is 3.39. The fraction of sp³-hybridized carbons (Fsp3) is 1.00. The Labute approximate surface area is 102 Å². The maximum absolute atomic E-state index is 9.01. The van der Waals surface area contributed by atoms with Gasteiger partial charge in [-0.05, 0) is 19.8 Å². The number of aliphatic hydroxyl groups is 1. The molecule has 0 aromatic heterocycles. The minimum atomic E-state index is -0.846. The van der Waals surface area contributed by atoms with Gasteiger partial charge in [-0.1, -0.05) is 0 Å². The molecule has 2 aliphatic rings. The van der Waals surface area contributed by atoms with Gasteiger partial charge in [-0.3, -0.25) is 0 Å². The lowest BCUT2D eigenvalue weighted by Gasteiger charge is -2.35. The number of hydrogen-bond donors (Lipinski definition) is 1. The Kier molecular flexibility index (Phi) is 4.05. The standard InChI is InChI=1S/C12H22O5/c1-11-6-7-15-12(17-11,16-9-11)5-3-4-10(8-13)14-2/h10,13H,3-9H2,1-2H3. The molecule has 1 N–H and O–H groups in total. The highest BCUT2D eigenvalue weighted by atomic mass is 16.9. The van der Waals surface area contributed by atoms with Gasteiger partial charge in [0.15, 0.2) is 0 Å². The molecule has 2 rings (SSSR count). The monoisotopic (exact) mass is 246 g/mol. The Bertz CT molecular complexity index is 255. The van der Waals surface area contributed by atoms with Gasteiger partial charge >= 0.3 is 0 Å². The molecule has 5 nitrogen and oxygen atoms in total. The molecule has 3 unspecified atom stereocenters. The van der Waals surface area contributed by atoms with Crippen molar-refractivity contribution in [2.24, 2.45) is 0 Å². The third kappa shape index (κ3) is 2.98. The van der Waals surface area contributed by atoms with Crippen LogP contribution in [0.3, 0.4) is 0 Å². The minimum absolute atomic E-state index is 0.0454. The summed E-state index contributed by atoms with van der Waals surface area (Å²) >= 11 is 0. The number of hydrogen-bond acceptors (Lipinski definition) is 5. The van der Waals surface area contributed by atoms with E-state index in [2.05, 4.69) is 6.92 Å². The van der Waals surface area contributed by atoms with Crippen molar-refractivity contribution in [3.63, 3.8) is 0 Å². The van der Waals surface area contributed by atoms with Gasteiger partial charge in [0.2, 0.25) is 0 Å². The molecule has 2 bridgehead atoms. The zero-order valence-electron chi connectivity index (χ0n) is 10.6. The van der Waals surface area contributed by atoms with Gasteiger partial charge in [0.1, 0.15) is 0 Å². The van der Waals surface area contributed by atoms with Crippen LogP contribution >= 0.6 is 0 Å². The van der Waals surface area contributed by atoms with Crippen LogP contribution in [-0.2, 0) is 18.9 Å². The first kappa shape index (κ1) is 13.2. The molecular weight excluding hydrogens is 224 g/mol. The Morgan fingerprint density at radius 2 is 2.24 bits per heavy atom. The first-order valence-electron chi connectivity index (χ1n) is 6.23. The van der Waals surface area contributed by atoms with Crippen LogP contribution in [0.1, 0.15) is 32.6 Å². The van der Waals surface area contributed by atoms with Crippen LogP contribution in [0.2, 0.25) is 0 Å². The van der Waals surface area contributed by atoms with Gasteiger partial charge < -0.3 is 24.1 Å². The van der Waals surface area contributed by atoms with E-state index in [1.165, 1.54) is 0 Å². The molecule has 0 aliphatic carbocycles. The summed E-state index contributed by atoms with van der Waals surface area (Å²) in [6.07, 6.45) is 3.08. The highest BCUT2D eigenvalue weighted by Crippen LogP contribution is 2.41. The molecule has 100 valence electrons. The smallest absolute Gasteiger partial charge is 0.283 e. The second kappa shape index (κ2) is 5.20. The zero-order chi connectivity index (χ0) is 12.4. The van der Waals surface area contributed by atoms with Crippen molar-refractivity contribution in [1.29, 1.82) is 0 Å². The van der Waals surface area contributed by atoms with Crippen LogP contribution in [0.4, 0.5) is 0 Å². The molecule has 0 radical (unpaired) electrons. The summed E-state index contributed by atoms with van der Waals surface area (Å²) in [6, 6.07) is 0. The largest absolute Gasteiger partial charge is 0.394 e. The molecule has 2 aliphatic heterocycles. The lowest BCUT2D eigenvalue weighted by Crippen LogP contribution is -2.43. The number of methoxy groups -OCH3 is 1. The normalized spacial score (nSPS) is 38.3. The first-order valence-corrected chi connectivity index (χ1v) is 6.23. The molecule has 2 heterocycles. The zero-order valence-corrected chi connectivity index (χ0v) is 10.6. The average Bonchev–Trinajstić information content (AvgIpc) is 2.56. The van der Waals surface area contributed by atoms with Gasteiger partial charge in [0, 0.05) is 20.0 Å². The van der Waals surface area contributed by atoms with E-state index in [4.69, 9.17) is 24.1 Å². The summed E-state index contributed by atoms with van der Waals surface area (Å²) < 4.78 is 22.3. The Hall–Kier alpha value is -0.200. The van der Waals surface area contributed by atoms with E-state index in [-0.39, 0.29) is 18.3 Å². The Balaban J connectivity index is 1.79. The predicted octanol–water partition coefficient (Wildman–Crippen LogP) is 1.04. The van der Waals surface area contributed by atoms with Crippen molar-refractivity contribution in [3.8, 4) is 0 Å². The summed E-state index contributed by atoms with van der Waals surface area (Å²) in [5.41, 5.74) is -0.185. The first-order chi connectivity index (χ1) is 8.11. The number of fused-ring (bicyclic) bond motifs is 2. The second-order valence-electron chi connectivity index (χ2n) is 5.05. The van der Waals surface area contributed by atoms with E-state index >= 15 is 0 Å². The molecule has 3 atom stereocenters. The van der Waals surface area contributed by atoms with E-state index in [9.17, 15) is 0 Å². The molecular formula is C12H22O5. The van der Waals surface area contributed by atoms with Crippen LogP contribution in [0.15, 0.2) is 0 Å². The van der Waals surface area contributed by atoms with Crippen LogP contribution in [0, 0.1) is 0 Å². The van der Waals surface area contributed by atoms with Crippen LogP contribution in [0.5, 0.6) is 0 Å². The topological polar surface area (TPSA) is 57.2 Å². The molecule has 0 amide bonds. The van der Waals surface area contributed by atoms with Crippen molar-refractivity contribution in [2.75, 3.05) is 26.9 Å². The number of ether oxygens (including phenoxy) is 4. The minimum Gasteiger partial charge on any atom is -0.394 e. The van der Waals surface area contributed by atoms with Crippen molar-refractivity contribution in [3.05, 3.63) is 0 Å². The second-order valence-corrected chi connectivity index (χ2v) is 5.05. The fourth-order valence-corrected chi connectivity index (χ4v) is 2.34. The van der Waals surface area contributed by atoms with Gasteiger partial charge in [-0.2, -0.15) is 0 Å². The maximum atomic E-state index is 9.01. The van der Waals surface area contributed by atoms with E-state index in [1.807, 2.05) is 0 Å². The highest BCUT2D eigenvalue weighted by molar-refractivity contribution is 4.87. The quantitative estimate of drug-likeness (QED) is 0.759. The Morgan fingerprint density at radius 1 is 1.41 bits per heavy atom. The maximum Gasteiger partial charge on any atom is 0.283 e. The lowest BCUT2D eigenvalue weighted by atomic mass is 10.0. The lowest BCUT2D eigenvalue weighted by molar-refractivity contribution is -0.369. The van der Waals surface area contributed by atoms with E-state index < -0.39 is 5.97 Å². The molecule has 2 saturated heterocycles.